The van der Waals surface area contributed by atoms with Gasteiger partial charge >= 0.3 is 64.5 Å². The maximum Gasteiger partial charge on any atom is 1.00 e. The van der Waals surface area contributed by atoms with Gasteiger partial charge in [0.15, 0.2) is 0 Å². The smallest absolute Gasteiger partial charge is 0.772 e. The molecule has 0 aromatic rings. The van der Waals surface area contributed by atoms with Crippen LogP contribution in [-0.2, 0) is 39.3 Å². The Morgan fingerprint density at radius 2 is 1.12 bits per heavy atom. The molecule has 0 aliphatic carbocycles. The predicted molar refractivity (Wildman–Crippen MR) is 163 cm³/mol. The summed E-state index contributed by atoms with van der Waals surface area (Å²) in [6.45, 7) is 15.6. The number of aliphatic carboxylic acids is 1. The average Bonchev–Trinajstić information content (AvgIpc) is 2.81. The quantitative estimate of drug-likeness (QED) is 0.0455. The monoisotopic (exact) mass is 748 g/mol. The summed E-state index contributed by atoms with van der Waals surface area (Å²) in [7, 11) is 2.88. The maximum absolute atomic E-state index is 9.77. The summed E-state index contributed by atoms with van der Waals surface area (Å²) in [5.41, 5.74) is 12.8. The number of carboxylic acids is 1. The third kappa shape index (κ3) is 812. The zero-order valence-electron chi connectivity index (χ0n) is 27.0. The molecule has 0 heterocycles. The van der Waals surface area contributed by atoms with Gasteiger partial charge in [-0.2, -0.15) is 0 Å². The van der Waals surface area contributed by atoms with Gasteiger partial charge in [-0.3, -0.25) is 18.7 Å². The Morgan fingerprint density at radius 1 is 0.977 bits per heavy atom. The zero-order chi connectivity index (χ0) is 35.9. The molecule has 0 aliphatic rings. The van der Waals surface area contributed by atoms with Crippen LogP contribution in [0.15, 0.2) is 4.99 Å². The Kier molecular flexibility index (Phi) is 165. The van der Waals surface area contributed by atoms with Crippen molar-refractivity contribution in [1.29, 1.82) is 0 Å². The zero-order valence-corrected chi connectivity index (χ0v) is 34.9. The predicted octanol–water partition coefficient (Wildman–Crippen LogP) is -1.06. The fourth-order valence-corrected chi connectivity index (χ4v) is 0.223. The molecule has 0 fully saturated rings. The third-order valence-corrected chi connectivity index (χ3v) is 2.85. The molecule has 1 atom stereocenters. The first kappa shape index (κ1) is 79.0. The van der Waals surface area contributed by atoms with Gasteiger partial charge in [-0.25, -0.2) is 23.0 Å². The molecular formula is C20H45Cl3N4Na2O12S2. The van der Waals surface area contributed by atoms with Crippen molar-refractivity contribution < 1.29 is 116 Å². The van der Waals surface area contributed by atoms with Crippen molar-refractivity contribution in [3.8, 4) is 0 Å². The minimum Gasteiger partial charge on any atom is -0.772 e. The van der Waals surface area contributed by atoms with Crippen LogP contribution in [0, 0.1) is 0 Å². The molecule has 0 aliphatic heterocycles. The second kappa shape index (κ2) is 90.1. The normalized spacial score (nSPS) is 7.44. The van der Waals surface area contributed by atoms with Gasteiger partial charge in [0.05, 0.1) is 12.4 Å². The first-order valence-electron chi connectivity index (χ1n) is 11.0. The Bertz CT molecular complexity index is 709. The minimum atomic E-state index is -3.19. The van der Waals surface area contributed by atoms with Gasteiger partial charge in [0, 0.05) is 62.1 Å². The number of carboxylic acid groups (broad SMARTS) is 1. The van der Waals surface area contributed by atoms with Crippen molar-refractivity contribution >= 4 is 76.7 Å². The second-order valence-corrected chi connectivity index (χ2v) is 9.92. The second-order valence-electron chi connectivity index (χ2n) is 4.82. The van der Waals surface area contributed by atoms with Crippen molar-refractivity contribution in [3.05, 3.63) is 16.0 Å². The topological polar surface area (TPSA) is 284 Å². The number of carbonyl (C=O) groups excluding carboxylic acids is 3. The van der Waals surface area contributed by atoms with Crippen LogP contribution in [0.25, 0.3) is 16.0 Å². The molecule has 0 aromatic carbocycles. The summed E-state index contributed by atoms with van der Waals surface area (Å²) in [6, 6.07) is 0. The molecule has 0 saturated carbocycles. The summed E-state index contributed by atoms with van der Waals surface area (Å²) in [5, 5.41) is 22.2. The summed E-state index contributed by atoms with van der Waals surface area (Å²) in [5.74, 6) is -0.603. The summed E-state index contributed by atoms with van der Waals surface area (Å²) in [4.78, 5) is 41.1. The molecule has 3 N–H and O–H groups in total. The molecule has 0 radical (unpaired) electrons. The van der Waals surface area contributed by atoms with Gasteiger partial charge in [0.2, 0.25) is 20.4 Å². The molecule has 16 nitrogen and oxygen atoms in total. The molecule has 0 aromatic heterocycles. The number of aliphatic imine (C=N–C) groups is 1. The van der Waals surface area contributed by atoms with Crippen LogP contribution in [0.1, 0.15) is 68.7 Å². The number of rotatable bonds is 3. The summed E-state index contributed by atoms with van der Waals surface area (Å²) >= 11 is 7.53. The number of ether oxygens (including phenoxy) is 1. The van der Waals surface area contributed by atoms with Gasteiger partial charge in [0.1, 0.15) is 0 Å². The SMILES string of the molecule is CC(=O)Cl.CC(=O)O.CCC.CCO.CCO.CCOC(=O)Cl.CCS(=O)(=O)Cl.CCS(=O)[O-].CN=C=O.[N-]=[N+]=[N-].[Na+].[Na+]. The summed E-state index contributed by atoms with van der Waals surface area (Å²) < 4.78 is 42.4. The number of carbonyl (C=O) groups is 3. The Labute approximate surface area is 317 Å². The number of isocyanates is 1. The van der Waals surface area contributed by atoms with E-state index < -0.39 is 31.5 Å². The molecule has 0 spiro atoms. The molecule has 0 saturated heterocycles. The Balaban J connectivity index is -0.0000000250. The van der Waals surface area contributed by atoms with Crippen LogP contribution in [-0.4, -0.2) is 93.6 Å². The van der Waals surface area contributed by atoms with E-state index >= 15 is 0 Å². The molecule has 43 heavy (non-hydrogen) atoms. The Morgan fingerprint density at radius 3 is 1.12 bits per heavy atom. The Hall–Kier alpha value is 0.150. The van der Waals surface area contributed by atoms with Crippen molar-refractivity contribution in [1.82, 2.24) is 0 Å². The molecule has 252 valence electrons. The first-order chi connectivity index (χ1) is 18.6. The third-order valence-electron chi connectivity index (χ3n) is 0.930. The molecule has 23 heteroatoms. The number of aliphatic hydroxyl groups excluding tert-OH is 2. The molecule has 1 unspecified atom stereocenters. The molecular weight excluding hydrogens is 705 g/mol. The van der Waals surface area contributed by atoms with Crippen molar-refractivity contribution in [2.75, 3.05) is 38.4 Å². The minimum absolute atomic E-state index is 0. The van der Waals surface area contributed by atoms with E-state index in [1.54, 1.807) is 27.7 Å². The fraction of sp³-hybridized carbons (Fsp3) is 0.800. The van der Waals surface area contributed by atoms with Gasteiger partial charge in [-0.15, -0.1) is 0 Å². The van der Waals surface area contributed by atoms with Gasteiger partial charge in [0.25, 0.3) is 5.97 Å². The van der Waals surface area contributed by atoms with E-state index in [1.807, 2.05) is 0 Å². The molecule has 0 rings (SSSR count). The van der Waals surface area contributed by atoms with Crippen LogP contribution in [0.5, 0.6) is 0 Å². The van der Waals surface area contributed by atoms with Crippen LogP contribution in [0.4, 0.5) is 4.79 Å². The number of hydrogen-bond donors (Lipinski definition) is 3. The number of nitrogens with zero attached hydrogens (tertiary/aromatic N) is 4. The van der Waals surface area contributed by atoms with E-state index in [1.165, 1.54) is 38.3 Å². The van der Waals surface area contributed by atoms with Crippen LogP contribution in [0.3, 0.4) is 0 Å². The number of aliphatic hydroxyl groups is 2. The van der Waals surface area contributed by atoms with E-state index in [2.05, 4.69) is 45.9 Å². The largest absolute Gasteiger partial charge is 1.00 e. The fourth-order valence-electron chi connectivity index (χ4n) is 0.113. The van der Waals surface area contributed by atoms with E-state index in [4.69, 9.17) is 47.6 Å². The summed E-state index contributed by atoms with van der Waals surface area (Å²) in [6.07, 6.45) is 2.56. The van der Waals surface area contributed by atoms with E-state index in [0.29, 0.717) is 6.61 Å². The van der Waals surface area contributed by atoms with Gasteiger partial charge in [-0.1, -0.05) is 45.2 Å². The first-order valence-corrected chi connectivity index (χ1v) is 15.4. The van der Waals surface area contributed by atoms with Crippen LogP contribution < -0.4 is 59.1 Å². The number of halogens is 3. The van der Waals surface area contributed by atoms with Crippen LogP contribution >= 0.6 is 33.9 Å². The standard InChI is InChI=1S/C3H5ClO2.C3H8.C2H5ClO2S.C2H3ClO.C2H3NO.C2H6O2S.C2H4O2.2C2H6O.N3.2Na/c1-2-6-3(4)5;1-3-2;1-2-6(3,4)5;1-2(3)4;1-3-2-4;1-2-5(3)4;1-2(3)4;2*1-2-3;1-3-2;;/h2H2,1H3;3H2,1-2H3;2H2,1H3;2*1H3;2H2,1H3,(H,3,4);1H3,(H,3,4);2*3H,2H2,1H3;;;/q;;;;;;;;;-1;2*+1/p-1. The molecule has 0 bridgehead atoms. The van der Waals surface area contributed by atoms with Crippen molar-refractivity contribution in [2.45, 2.75) is 68.7 Å². The van der Waals surface area contributed by atoms with E-state index in [-0.39, 0.29) is 89.1 Å². The van der Waals surface area contributed by atoms with Crippen molar-refractivity contribution in [3.63, 3.8) is 0 Å². The number of hydrogen-bond acceptors (Lipinski definition) is 12. The van der Waals surface area contributed by atoms with Gasteiger partial charge < -0.3 is 35.7 Å². The van der Waals surface area contributed by atoms with E-state index in [0.717, 1.165) is 6.92 Å². The van der Waals surface area contributed by atoms with E-state index in [9.17, 15) is 26.8 Å². The van der Waals surface area contributed by atoms with Gasteiger partial charge in [-0.05, 0) is 32.4 Å². The average molecular weight is 750 g/mol. The van der Waals surface area contributed by atoms with Crippen LogP contribution in [0.2, 0.25) is 0 Å². The maximum atomic E-state index is 9.77. The molecule has 0 amide bonds. The van der Waals surface area contributed by atoms with Crippen molar-refractivity contribution in [2.24, 2.45) is 4.99 Å².